The molecule has 3 aromatic heterocycles. The maximum Gasteiger partial charge on any atom is 0.268 e. The number of para-hydroxylation sites is 1. The van der Waals surface area contributed by atoms with Gasteiger partial charge in [0.15, 0.2) is 5.16 Å². The van der Waals surface area contributed by atoms with Gasteiger partial charge in [-0.05, 0) is 37.6 Å². The number of benzene rings is 1. The molecule has 0 saturated heterocycles. The van der Waals surface area contributed by atoms with Gasteiger partial charge in [-0.2, -0.15) is 0 Å². The van der Waals surface area contributed by atoms with Crippen LogP contribution >= 0.6 is 23.1 Å². The highest BCUT2D eigenvalue weighted by molar-refractivity contribution is 7.99. The summed E-state index contributed by atoms with van der Waals surface area (Å²) in [6, 6.07) is 9.76. The number of likely N-dealkylation sites (N-methyl/N-ethyl adjacent to an activating group) is 1. The molecule has 0 radical (unpaired) electrons. The van der Waals surface area contributed by atoms with Crippen LogP contribution < -0.4 is 5.56 Å². The molecule has 6 nitrogen and oxygen atoms in total. The monoisotopic (exact) mass is 411 g/mol. The molecule has 0 saturated carbocycles. The third kappa shape index (κ3) is 2.70. The lowest BCUT2D eigenvalue weighted by Gasteiger charge is -2.21. The molecule has 0 aliphatic carbocycles. The van der Waals surface area contributed by atoms with Crippen molar-refractivity contribution in [1.82, 2.24) is 24.1 Å². The molecule has 5 rings (SSSR count). The number of hydrogen-bond donors (Lipinski definition) is 0. The van der Waals surface area contributed by atoms with Gasteiger partial charge < -0.3 is 4.90 Å². The zero-order valence-corrected chi connectivity index (χ0v) is 17.5. The number of nitrogens with zero attached hydrogens (tertiary/aromatic N) is 5. The van der Waals surface area contributed by atoms with Crippen molar-refractivity contribution in [2.75, 3.05) is 19.3 Å². The van der Waals surface area contributed by atoms with Crippen LogP contribution in [0.25, 0.3) is 21.7 Å². The molecular formula is C20H21N5OS2. The van der Waals surface area contributed by atoms with Crippen LogP contribution in [0.1, 0.15) is 23.8 Å². The fourth-order valence-electron chi connectivity index (χ4n) is 3.78. The molecule has 4 heterocycles. The molecule has 1 aliphatic rings. The van der Waals surface area contributed by atoms with Crippen LogP contribution in [-0.2, 0) is 13.0 Å². The van der Waals surface area contributed by atoms with E-state index in [4.69, 9.17) is 0 Å². The van der Waals surface area contributed by atoms with Gasteiger partial charge in [0.1, 0.15) is 4.83 Å². The Morgan fingerprint density at radius 2 is 2.04 bits per heavy atom. The smallest absolute Gasteiger partial charge is 0.268 e. The van der Waals surface area contributed by atoms with Gasteiger partial charge in [0.2, 0.25) is 5.78 Å². The maximum atomic E-state index is 13.6. The van der Waals surface area contributed by atoms with Gasteiger partial charge in [0.05, 0.1) is 11.1 Å². The van der Waals surface area contributed by atoms with Crippen molar-refractivity contribution >= 4 is 39.1 Å². The molecule has 1 aliphatic heterocycles. The van der Waals surface area contributed by atoms with E-state index in [2.05, 4.69) is 33.5 Å². The Hall–Kier alpha value is -2.16. The summed E-state index contributed by atoms with van der Waals surface area (Å²) in [5.41, 5.74) is 2.04. The van der Waals surface area contributed by atoms with E-state index >= 15 is 0 Å². The summed E-state index contributed by atoms with van der Waals surface area (Å²) in [4.78, 5) is 18.2. The molecule has 1 aromatic carbocycles. The lowest BCUT2D eigenvalue weighted by Crippen LogP contribution is -2.27. The third-order valence-electron chi connectivity index (χ3n) is 5.12. The van der Waals surface area contributed by atoms with Crippen LogP contribution in [0.5, 0.6) is 0 Å². The summed E-state index contributed by atoms with van der Waals surface area (Å²) in [6.45, 7) is 4.02. The van der Waals surface area contributed by atoms with Crippen LogP contribution in [-0.4, -0.2) is 43.4 Å². The number of fused-ring (bicyclic) bond motifs is 5. The lowest BCUT2D eigenvalue weighted by atomic mass is 10.1. The number of hydrogen-bond acceptors (Lipinski definition) is 6. The molecule has 8 heteroatoms. The summed E-state index contributed by atoms with van der Waals surface area (Å²) < 4.78 is 3.81. The fraction of sp³-hybridized carbons (Fsp3) is 0.350. The van der Waals surface area contributed by atoms with Crippen molar-refractivity contribution in [3.05, 3.63) is 51.1 Å². The van der Waals surface area contributed by atoms with Gasteiger partial charge in [-0.15, -0.1) is 21.5 Å². The molecule has 0 atom stereocenters. The van der Waals surface area contributed by atoms with Gasteiger partial charge in [0.25, 0.3) is 5.56 Å². The highest BCUT2D eigenvalue weighted by Crippen LogP contribution is 2.35. The van der Waals surface area contributed by atoms with Gasteiger partial charge in [0, 0.05) is 23.7 Å². The lowest BCUT2D eigenvalue weighted by molar-refractivity contribution is 0.318. The van der Waals surface area contributed by atoms with E-state index in [1.165, 1.54) is 10.4 Å². The van der Waals surface area contributed by atoms with Crippen LogP contribution in [0.2, 0.25) is 0 Å². The average molecular weight is 412 g/mol. The van der Waals surface area contributed by atoms with Crippen molar-refractivity contribution in [2.45, 2.75) is 31.5 Å². The van der Waals surface area contributed by atoms with E-state index < -0.39 is 0 Å². The Balaban J connectivity index is 1.90. The van der Waals surface area contributed by atoms with Gasteiger partial charge in [-0.3, -0.25) is 4.79 Å². The van der Waals surface area contributed by atoms with Gasteiger partial charge >= 0.3 is 0 Å². The van der Waals surface area contributed by atoms with Gasteiger partial charge in [-0.1, -0.05) is 36.9 Å². The predicted molar refractivity (Wildman–Crippen MR) is 115 cm³/mol. The Labute approximate surface area is 170 Å². The van der Waals surface area contributed by atoms with Crippen molar-refractivity contribution in [1.29, 1.82) is 0 Å². The summed E-state index contributed by atoms with van der Waals surface area (Å²) in [5, 5.41) is 10.6. The summed E-state index contributed by atoms with van der Waals surface area (Å²) in [7, 11) is 2.13. The topological polar surface area (TPSA) is 55.4 Å². The van der Waals surface area contributed by atoms with E-state index in [-0.39, 0.29) is 5.56 Å². The SMILES string of the molecule is CCCSc1nnc2n(-c3ccccc3)c(=O)c3c4c(sc3n12)CN(C)CC4. The molecule has 0 unspecified atom stereocenters. The molecule has 0 bridgehead atoms. The van der Waals surface area contributed by atoms with Crippen molar-refractivity contribution in [3.63, 3.8) is 0 Å². The van der Waals surface area contributed by atoms with Crippen molar-refractivity contribution in [3.8, 4) is 5.69 Å². The first kappa shape index (κ1) is 17.9. The molecule has 144 valence electrons. The molecule has 0 amide bonds. The summed E-state index contributed by atoms with van der Waals surface area (Å²) in [5.74, 6) is 1.56. The van der Waals surface area contributed by atoms with E-state index in [0.29, 0.717) is 5.78 Å². The Morgan fingerprint density at radius 1 is 1.21 bits per heavy atom. The van der Waals surface area contributed by atoms with E-state index in [1.807, 2.05) is 30.3 Å². The van der Waals surface area contributed by atoms with E-state index in [0.717, 1.165) is 52.7 Å². The fourth-order valence-corrected chi connectivity index (χ4v) is 6.04. The highest BCUT2D eigenvalue weighted by atomic mass is 32.2. The quantitative estimate of drug-likeness (QED) is 0.481. The molecule has 0 spiro atoms. The second-order valence-corrected chi connectivity index (χ2v) is 9.26. The van der Waals surface area contributed by atoms with Gasteiger partial charge in [-0.25, -0.2) is 8.97 Å². The summed E-state index contributed by atoms with van der Waals surface area (Å²) >= 11 is 3.42. The number of rotatable bonds is 4. The second kappa shape index (κ2) is 7.02. The van der Waals surface area contributed by atoms with Crippen LogP contribution in [0.15, 0.2) is 40.3 Å². The number of thioether (sulfide) groups is 1. The number of aromatic nitrogens is 4. The Bertz CT molecular complexity index is 1220. The zero-order valence-electron chi connectivity index (χ0n) is 15.9. The number of thiophene rings is 1. The van der Waals surface area contributed by atoms with Crippen LogP contribution in [0.3, 0.4) is 0 Å². The van der Waals surface area contributed by atoms with E-state index in [1.54, 1.807) is 27.7 Å². The van der Waals surface area contributed by atoms with Crippen LogP contribution in [0, 0.1) is 0 Å². The Kier molecular flexibility index (Phi) is 4.49. The van der Waals surface area contributed by atoms with Crippen molar-refractivity contribution < 1.29 is 0 Å². The maximum absolute atomic E-state index is 13.6. The zero-order chi connectivity index (χ0) is 19.3. The second-order valence-electron chi connectivity index (χ2n) is 7.11. The predicted octanol–water partition coefficient (Wildman–Crippen LogP) is 3.58. The Morgan fingerprint density at radius 3 is 2.82 bits per heavy atom. The first-order valence-corrected chi connectivity index (χ1v) is 11.3. The molecule has 0 N–H and O–H groups in total. The third-order valence-corrected chi connectivity index (χ3v) is 7.45. The standard InChI is InChI=1S/C20H21N5OS2/c1-3-11-27-20-22-21-19-24(13-7-5-4-6-8-13)17(26)16-14-9-10-23(2)12-15(14)28-18(16)25(19)20/h4-8H,3,9-12H2,1-2H3. The molecular weight excluding hydrogens is 390 g/mol. The molecule has 4 aromatic rings. The minimum absolute atomic E-state index is 0.00944. The van der Waals surface area contributed by atoms with Crippen molar-refractivity contribution in [2.24, 2.45) is 0 Å². The first-order valence-electron chi connectivity index (χ1n) is 9.50. The average Bonchev–Trinajstić information content (AvgIpc) is 3.28. The molecule has 28 heavy (non-hydrogen) atoms. The molecule has 0 fully saturated rings. The highest BCUT2D eigenvalue weighted by Gasteiger charge is 2.26. The summed E-state index contributed by atoms with van der Waals surface area (Å²) in [6.07, 6.45) is 1.97. The first-order chi connectivity index (χ1) is 13.7. The minimum atomic E-state index is 0.00944. The normalized spacial score (nSPS) is 14.8. The minimum Gasteiger partial charge on any atom is -0.301 e. The largest absolute Gasteiger partial charge is 0.301 e. The van der Waals surface area contributed by atoms with Crippen LogP contribution in [0.4, 0.5) is 0 Å². The van der Waals surface area contributed by atoms with E-state index in [9.17, 15) is 4.79 Å².